The molecule has 92 valence electrons. The molecule has 1 aliphatic carbocycles. The van der Waals surface area contributed by atoms with Crippen LogP contribution in [0.2, 0.25) is 5.02 Å². The molecular formula is C12H14BrClN2O. The summed E-state index contributed by atoms with van der Waals surface area (Å²) in [5.74, 6) is 0.426. The molecule has 1 amide bonds. The van der Waals surface area contributed by atoms with Gasteiger partial charge in [-0.3, -0.25) is 9.78 Å². The molecule has 2 unspecified atom stereocenters. The van der Waals surface area contributed by atoms with Gasteiger partial charge in [-0.15, -0.1) is 0 Å². The highest BCUT2D eigenvalue weighted by Gasteiger charge is 2.28. The lowest BCUT2D eigenvalue weighted by atomic mass is 10.1. The summed E-state index contributed by atoms with van der Waals surface area (Å²) in [5.41, 5.74) is 0.502. The topological polar surface area (TPSA) is 42.0 Å². The van der Waals surface area contributed by atoms with Gasteiger partial charge in [0.05, 0.1) is 10.6 Å². The lowest BCUT2D eigenvalue weighted by Gasteiger charge is -2.19. The van der Waals surface area contributed by atoms with E-state index in [1.54, 1.807) is 12.3 Å². The van der Waals surface area contributed by atoms with Gasteiger partial charge < -0.3 is 5.32 Å². The van der Waals surface area contributed by atoms with Crippen LogP contribution < -0.4 is 5.32 Å². The fraction of sp³-hybridized carbons (Fsp3) is 0.500. The summed E-state index contributed by atoms with van der Waals surface area (Å²) < 4.78 is 0. The number of halogens is 2. The number of pyridine rings is 1. The maximum absolute atomic E-state index is 12.0. The van der Waals surface area contributed by atoms with Gasteiger partial charge in [-0.05, 0) is 24.8 Å². The van der Waals surface area contributed by atoms with E-state index in [2.05, 4.69) is 26.2 Å². The van der Waals surface area contributed by atoms with Crippen LogP contribution in [0.3, 0.4) is 0 Å². The van der Waals surface area contributed by atoms with Crippen LogP contribution in [0.4, 0.5) is 0 Å². The van der Waals surface area contributed by atoms with Crippen molar-refractivity contribution in [3.05, 3.63) is 29.0 Å². The molecule has 17 heavy (non-hydrogen) atoms. The number of hydrogen-bond donors (Lipinski definition) is 1. The minimum Gasteiger partial charge on any atom is -0.349 e. The van der Waals surface area contributed by atoms with Crippen molar-refractivity contribution in [3.8, 4) is 0 Å². The van der Waals surface area contributed by atoms with Gasteiger partial charge in [-0.2, -0.15) is 0 Å². The molecule has 1 fully saturated rings. The first-order valence-electron chi connectivity index (χ1n) is 5.68. The number of carbonyl (C=O) groups excluding carboxylic acids is 1. The zero-order valence-electron chi connectivity index (χ0n) is 9.33. The molecule has 1 saturated carbocycles. The van der Waals surface area contributed by atoms with Crippen molar-refractivity contribution in [2.45, 2.75) is 25.3 Å². The predicted octanol–water partition coefficient (Wildman–Crippen LogP) is 3.03. The van der Waals surface area contributed by atoms with Crippen molar-refractivity contribution in [2.75, 3.05) is 5.33 Å². The van der Waals surface area contributed by atoms with Crippen molar-refractivity contribution in [1.29, 1.82) is 0 Å². The second-order valence-corrected chi connectivity index (χ2v) is 5.34. The van der Waals surface area contributed by atoms with Crippen LogP contribution in [0.5, 0.6) is 0 Å². The number of nitrogens with one attached hydrogen (secondary N) is 1. The number of amides is 1. The largest absolute Gasteiger partial charge is 0.349 e. The molecule has 0 saturated heterocycles. The molecule has 1 aliphatic rings. The van der Waals surface area contributed by atoms with Crippen LogP contribution in [-0.4, -0.2) is 22.3 Å². The number of carbonyl (C=O) groups is 1. The average Bonchev–Trinajstić information content (AvgIpc) is 2.76. The molecular weight excluding hydrogens is 304 g/mol. The monoisotopic (exact) mass is 316 g/mol. The lowest BCUT2D eigenvalue weighted by Crippen LogP contribution is -2.38. The third kappa shape index (κ3) is 2.99. The Morgan fingerprint density at radius 1 is 1.59 bits per heavy atom. The first-order valence-corrected chi connectivity index (χ1v) is 7.18. The molecule has 2 rings (SSSR count). The van der Waals surface area contributed by atoms with Crippen molar-refractivity contribution in [3.63, 3.8) is 0 Å². The molecule has 5 heteroatoms. The van der Waals surface area contributed by atoms with E-state index in [9.17, 15) is 4.79 Å². The van der Waals surface area contributed by atoms with Crippen LogP contribution in [0.1, 0.15) is 29.6 Å². The summed E-state index contributed by atoms with van der Waals surface area (Å²) in [5, 5.41) is 4.39. The summed E-state index contributed by atoms with van der Waals surface area (Å²) in [6, 6.07) is 1.90. The highest BCUT2D eigenvalue weighted by atomic mass is 79.9. The molecule has 1 N–H and O–H groups in total. The van der Waals surface area contributed by atoms with Crippen LogP contribution in [0.15, 0.2) is 18.5 Å². The van der Waals surface area contributed by atoms with Crippen molar-refractivity contribution in [2.24, 2.45) is 5.92 Å². The Bertz CT molecular complexity index is 413. The van der Waals surface area contributed by atoms with Gasteiger partial charge in [-0.25, -0.2) is 0 Å². The Labute approximate surface area is 114 Å². The van der Waals surface area contributed by atoms with E-state index in [1.807, 2.05) is 0 Å². The molecule has 3 nitrogen and oxygen atoms in total. The molecule has 0 radical (unpaired) electrons. The zero-order chi connectivity index (χ0) is 12.3. The number of hydrogen-bond acceptors (Lipinski definition) is 2. The maximum atomic E-state index is 12.0. The predicted molar refractivity (Wildman–Crippen MR) is 71.6 cm³/mol. The first kappa shape index (κ1) is 12.8. The van der Waals surface area contributed by atoms with Gasteiger partial charge in [0.2, 0.25) is 0 Å². The summed E-state index contributed by atoms with van der Waals surface area (Å²) in [7, 11) is 0. The van der Waals surface area contributed by atoms with E-state index < -0.39 is 0 Å². The SMILES string of the molecule is O=C(NC1CCCC1CBr)c1ccncc1Cl. The Hall–Kier alpha value is -0.610. The third-order valence-corrected chi connectivity index (χ3v) is 4.32. The van der Waals surface area contributed by atoms with Crippen LogP contribution in [-0.2, 0) is 0 Å². The Kier molecular flexibility index (Phi) is 4.40. The van der Waals surface area contributed by atoms with Crippen molar-refractivity contribution in [1.82, 2.24) is 10.3 Å². The molecule has 0 aliphatic heterocycles. The van der Waals surface area contributed by atoms with Crippen LogP contribution >= 0.6 is 27.5 Å². The fourth-order valence-corrected chi connectivity index (χ4v) is 3.20. The first-order chi connectivity index (χ1) is 8.22. The van der Waals surface area contributed by atoms with E-state index in [-0.39, 0.29) is 11.9 Å². The molecule has 1 heterocycles. The Morgan fingerprint density at radius 2 is 2.41 bits per heavy atom. The molecule has 0 bridgehead atoms. The number of aromatic nitrogens is 1. The van der Waals surface area contributed by atoms with Crippen molar-refractivity contribution >= 4 is 33.4 Å². The van der Waals surface area contributed by atoms with Crippen molar-refractivity contribution < 1.29 is 4.79 Å². The molecule has 1 aromatic heterocycles. The highest BCUT2D eigenvalue weighted by Crippen LogP contribution is 2.27. The molecule has 1 aromatic rings. The van der Waals surface area contributed by atoms with E-state index >= 15 is 0 Å². The van der Waals surface area contributed by atoms with Crippen LogP contribution in [0.25, 0.3) is 0 Å². The third-order valence-electron chi connectivity index (χ3n) is 3.19. The minimum absolute atomic E-state index is 0.102. The second-order valence-electron chi connectivity index (χ2n) is 4.28. The van der Waals surface area contributed by atoms with Gasteiger partial charge in [0.15, 0.2) is 0 Å². The number of nitrogens with zero attached hydrogens (tertiary/aromatic N) is 1. The highest BCUT2D eigenvalue weighted by molar-refractivity contribution is 9.09. The number of alkyl halides is 1. The van der Waals surface area contributed by atoms with Gasteiger partial charge >= 0.3 is 0 Å². The Morgan fingerprint density at radius 3 is 3.12 bits per heavy atom. The van der Waals surface area contributed by atoms with E-state index in [4.69, 9.17) is 11.6 Å². The van der Waals surface area contributed by atoms with Gasteiger partial charge in [0.1, 0.15) is 0 Å². The summed E-state index contributed by atoms with van der Waals surface area (Å²) in [6.07, 6.45) is 6.46. The Balaban J connectivity index is 2.04. The maximum Gasteiger partial charge on any atom is 0.253 e. The summed E-state index contributed by atoms with van der Waals surface area (Å²) in [4.78, 5) is 15.9. The van der Waals surface area contributed by atoms with Gasteiger partial charge in [0, 0.05) is 23.8 Å². The quantitative estimate of drug-likeness (QED) is 0.871. The summed E-state index contributed by atoms with van der Waals surface area (Å²) in [6.45, 7) is 0. The normalized spacial score (nSPS) is 23.6. The van der Waals surface area contributed by atoms with E-state index in [0.29, 0.717) is 16.5 Å². The smallest absolute Gasteiger partial charge is 0.253 e. The van der Waals surface area contributed by atoms with E-state index in [0.717, 1.165) is 11.8 Å². The minimum atomic E-state index is -0.102. The van der Waals surface area contributed by atoms with E-state index in [1.165, 1.54) is 19.0 Å². The fourth-order valence-electron chi connectivity index (χ4n) is 2.22. The standard InChI is InChI=1S/C12H14BrClN2O/c13-6-8-2-1-3-11(8)16-12(17)9-4-5-15-7-10(9)14/h4-5,7-8,11H,1-3,6H2,(H,16,17). The summed E-state index contributed by atoms with van der Waals surface area (Å²) >= 11 is 9.43. The molecule has 0 spiro atoms. The van der Waals surface area contributed by atoms with Crippen LogP contribution in [0, 0.1) is 5.92 Å². The van der Waals surface area contributed by atoms with Gasteiger partial charge in [0.25, 0.3) is 5.91 Å². The lowest BCUT2D eigenvalue weighted by molar-refractivity contribution is 0.0930. The molecule has 0 aromatic carbocycles. The second kappa shape index (κ2) is 5.83. The molecule has 2 atom stereocenters. The van der Waals surface area contributed by atoms with Gasteiger partial charge in [-0.1, -0.05) is 34.0 Å². The number of rotatable bonds is 3. The average molecular weight is 318 g/mol. The zero-order valence-corrected chi connectivity index (χ0v) is 11.7.